The number of rotatable bonds is 3. The molecule has 1 aliphatic rings. The third-order valence-electron chi connectivity index (χ3n) is 4.36. The van der Waals surface area contributed by atoms with Gasteiger partial charge in [-0.05, 0) is 73.6 Å². The molecular formula is C18H20ClN. The highest BCUT2D eigenvalue weighted by Crippen LogP contribution is 2.38. The minimum absolute atomic E-state index is 0.595. The monoisotopic (exact) mass is 285 g/mol. The average molecular weight is 286 g/mol. The van der Waals surface area contributed by atoms with E-state index in [1.807, 2.05) is 12.1 Å². The van der Waals surface area contributed by atoms with E-state index < -0.39 is 0 Å². The van der Waals surface area contributed by atoms with E-state index in [1.165, 1.54) is 35.2 Å². The predicted octanol–water partition coefficient (Wildman–Crippen LogP) is 5.31. The highest BCUT2D eigenvalue weighted by atomic mass is 35.5. The fourth-order valence-corrected chi connectivity index (χ4v) is 2.94. The lowest BCUT2D eigenvalue weighted by Gasteiger charge is -2.37. The van der Waals surface area contributed by atoms with Crippen molar-refractivity contribution in [2.24, 2.45) is 0 Å². The molecular weight excluding hydrogens is 266 g/mol. The largest absolute Gasteiger partial charge is 0.382 e. The van der Waals surface area contributed by atoms with Gasteiger partial charge in [0.1, 0.15) is 0 Å². The first kappa shape index (κ1) is 13.5. The van der Waals surface area contributed by atoms with Gasteiger partial charge in [-0.1, -0.05) is 29.8 Å². The lowest BCUT2D eigenvalue weighted by Crippen LogP contribution is -2.33. The summed E-state index contributed by atoms with van der Waals surface area (Å²) >= 11 is 5.93. The van der Waals surface area contributed by atoms with Crippen LogP contribution in [0.4, 0.5) is 5.69 Å². The summed E-state index contributed by atoms with van der Waals surface area (Å²) < 4.78 is 0. The first-order chi connectivity index (χ1) is 9.61. The second-order valence-electron chi connectivity index (χ2n) is 5.86. The fourth-order valence-electron chi connectivity index (χ4n) is 2.81. The van der Waals surface area contributed by atoms with Gasteiger partial charge in [-0.2, -0.15) is 0 Å². The minimum atomic E-state index is 0.595. The van der Waals surface area contributed by atoms with Crippen molar-refractivity contribution in [1.82, 2.24) is 0 Å². The smallest absolute Gasteiger partial charge is 0.0406 e. The third kappa shape index (κ3) is 2.83. The maximum atomic E-state index is 5.93. The van der Waals surface area contributed by atoms with E-state index in [0.29, 0.717) is 12.0 Å². The molecule has 1 fully saturated rings. The molecule has 1 N–H and O–H groups in total. The molecule has 104 valence electrons. The maximum absolute atomic E-state index is 5.93. The highest BCUT2D eigenvalue weighted by Gasteiger charge is 2.30. The number of nitrogens with one attached hydrogen (secondary N) is 1. The van der Waals surface area contributed by atoms with Gasteiger partial charge in [0.15, 0.2) is 0 Å². The van der Waals surface area contributed by atoms with Gasteiger partial charge in [0, 0.05) is 16.8 Å². The van der Waals surface area contributed by atoms with E-state index in [2.05, 4.69) is 49.5 Å². The van der Waals surface area contributed by atoms with Crippen molar-refractivity contribution in [1.29, 1.82) is 0 Å². The summed E-state index contributed by atoms with van der Waals surface area (Å²) in [5.41, 5.74) is 5.35. The lowest BCUT2D eigenvalue weighted by atomic mass is 9.76. The van der Waals surface area contributed by atoms with Gasteiger partial charge in [0.2, 0.25) is 0 Å². The molecule has 0 aliphatic heterocycles. The zero-order chi connectivity index (χ0) is 14.1. The van der Waals surface area contributed by atoms with Crippen molar-refractivity contribution in [2.75, 3.05) is 5.32 Å². The quantitative estimate of drug-likeness (QED) is 0.805. The Bertz CT molecular complexity index is 597. The predicted molar refractivity (Wildman–Crippen MR) is 86.8 cm³/mol. The van der Waals surface area contributed by atoms with E-state index in [-0.39, 0.29) is 0 Å². The van der Waals surface area contributed by atoms with Gasteiger partial charge in [0.25, 0.3) is 0 Å². The lowest BCUT2D eigenvalue weighted by molar-refractivity contribution is 0.374. The number of benzene rings is 2. The van der Waals surface area contributed by atoms with Crippen molar-refractivity contribution >= 4 is 17.3 Å². The van der Waals surface area contributed by atoms with Gasteiger partial charge >= 0.3 is 0 Å². The van der Waals surface area contributed by atoms with E-state index in [0.717, 1.165) is 5.02 Å². The Balaban J connectivity index is 1.58. The van der Waals surface area contributed by atoms with Crippen LogP contribution in [0.2, 0.25) is 5.02 Å². The molecule has 0 aromatic heterocycles. The Morgan fingerprint density at radius 3 is 2.30 bits per heavy atom. The summed E-state index contributed by atoms with van der Waals surface area (Å²) in [4.78, 5) is 0. The molecule has 0 atom stereocenters. The van der Waals surface area contributed by atoms with Crippen molar-refractivity contribution in [3.05, 3.63) is 64.2 Å². The maximum Gasteiger partial charge on any atom is 0.0406 e. The van der Waals surface area contributed by atoms with Crippen LogP contribution >= 0.6 is 11.6 Å². The van der Waals surface area contributed by atoms with Crippen LogP contribution in [0.15, 0.2) is 42.5 Å². The second kappa shape index (κ2) is 5.49. The Morgan fingerprint density at radius 1 is 0.950 bits per heavy atom. The molecule has 0 heterocycles. The van der Waals surface area contributed by atoms with Crippen LogP contribution in [0.3, 0.4) is 0 Å². The zero-order valence-corrected chi connectivity index (χ0v) is 12.7. The number of aryl methyl sites for hydroxylation is 2. The number of halogens is 1. The molecule has 0 unspecified atom stereocenters. The number of anilines is 1. The van der Waals surface area contributed by atoms with Gasteiger partial charge in [0.05, 0.1) is 0 Å². The summed E-state index contributed by atoms with van der Waals surface area (Å²) in [6.45, 7) is 4.32. The van der Waals surface area contributed by atoms with Gasteiger partial charge in [-0.25, -0.2) is 0 Å². The summed E-state index contributed by atoms with van der Waals surface area (Å²) in [6, 6.07) is 15.5. The number of hydrogen-bond donors (Lipinski definition) is 1. The van der Waals surface area contributed by atoms with Crippen molar-refractivity contribution in [3.8, 4) is 0 Å². The van der Waals surface area contributed by atoms with Gasteiger partial charge in [-0.15, -0.1) is 0 Å². The van der Waals surface area contributed by atoms with E-state index in [4.69, 9.17) is 11.6 Å². The molecule has 0 amide bonds. The first-order valence-electron chi connectivity index (χ1n) is 7.21. The standard InChI is InChI=1S/C18H20ClN/c1-12-3-8-17(9-13(12)2)20-18-10-15(11-18)14-4-6-16(19)7-5-14/h3-9,15,18,20H,10-11H2,1-2H3. The van der Waals surface area contributed by atoms with Gasteiger partial charge < -0.3 is 5.32 Å². The van der Waals surface area contributed by atoms with Crippen LogP contribution in [0, 0.1) is 13.8 Å². The molecule has 3 rings (SSSR count). The molecule has 2 heteroatoms. The molecule has 0 bridgehead atoms. The van der Waals surface area contributed by atoms with E-state index in [1.54, 1.807) is 0 Å². The Hall–Kier alpha value is -1.47. The number of hydrogen-bond acceptors (Lipinski definition) is 1. The van der Waals surface area contributed by atoms with Crippen LogP contribution in [0.25, 0.3) is 0 Å². The molecule has 0 spiro atoms. The Morgan fingerprint density at radius 2 is 1.65 bits per heavy atom. The molecule has 1 saturated carbocycles. The molecule has 2 aromatic rings. The first-order valence-corrected chi connectivity index (χ1v) is 7.59. The molecule has 20 heavy (non-hydrogen) atoms. The van der Waals surface area contributed by atoms with Crippen LogP contribution in [0.1, 0.15) is 35.4 Å². The molecule has 1 aliphatic carbocycles. The second-order valence-corrected chi connectivity index (χ2v) is 6.30. The molecule has 2 aromatic carbocycles. The fraction of sp³-hybridized carbons (Fsp3) is 0.333. The van der Waals surface area contributed by atoms with Crippen LogP contribution in [0.5, 0.6) is 0 Å². The summed E-state index contributed by atoms with van der Waals surface area (Å²) in [7, 11) is 0. The Kier molecular flexibility index (Phi) is 3.71. The highest BCUT2D eigenvalue weighted by molar-refractivity contribution is 6.30. The van der Waals surface area contributed by atoms with Crippen molar-refractivity contribution in [3.63, 3.8) is 0 Å². The SMILES string of the molecule is Cc1ccc(NC2CC(c3ccc(Cl)cc3)C2)cc1C. The summed E-state index contributed by atoms with van der Waals surface area (Å²) in [5, 5.41) is 4.45. The van der Waals surface area contributed by atoms with Crippen molar-refractivity contribution in [2.45, 2.75) is 38.6 Å². The normalized spacial score (nSPS) is 21.4. The minimum Gasteiger partial charge on any atom is -0.382 e. The average Bonchev–Trinajstić information content (AvgIpc) is 2.39. The van der Waals surface area contributed by atoms with Gasteiger partial charge in [-0.3, -0.25) is 0 Å². The molecule has 1 nitrogen and oxygen atoms in total. The summed E-state index contributed by atoms with van der Waals surface area (Å²) in [5.74, 6) is 0.677. The van der Waals surface area contributed by atoms with Crippen molar-refractivity contribution < 1.29 is 0 Å². The zero-order valence-electron chi connectivity index (χ0n) is 12.0. The van der Waals surface area contributed by atoms with E-state index >= 15 is 0 Å². The molecule has 0 saturated heterocycles. The van der Waals surface area contributed by atoms with Crippen LogP contribution in [-0.4, -0.2) is 6.04 Å². The Labute approximate surface area is 126 Å². The topological polar surface area (TPSA) is 12.0 Å². The summed E-state index contributed by atoms with van der Waals surface area (Å²) in [6.07, 6.45) is 2.41. The third-order valence-corrected chi connectivity index (χ3v) is 4.61. The van der Waals surface area contributed by atoms with Crippen LogP contribution in [-0.2, 0) is 0 Å². The molecule has 0 radical (unpaired) electrons. The van der Waals surface area contributed by atoms with Crippen LogP contribution < -0.4 is 5.32 Å². The van der Waals surface area contributed by atoms with E-state index in [9.17, 15) is 0 Å².